The lowest BCUT2D eigenvalue weighted by Crippen LogP contribution is -2.41. The van der Waals surface area contributed by atoms with Gasteiger partial charge in [-0.15, -0.1) is 0 Å². The highest BCUT2D eigenvalue weighted by atomic mass is 19.1. The van der Waals surface area contributed by atoms with Crippen molar-refractivity contribution in [2.45, 2.75) is 45.2 Å². The molecule has 0 spiro atoms. The monoisotopic (exact) mass is 475 g/mol. The number of hydrogen-bond donors (Lipinski definition) is 0. The topological polar surface area (TPSA) is 39.5 Å². The zero-order valence-electron chi connectivity index (χ0n) is 21.2. The molecule has 0 amide bonds. The Balaban J connectivity index is 1.25. The van der Waals surface area contributed by atoms with Gasteiger partial charge in [0, 0.05) is 31.2 Å². The van der Waals surface area contributed by atoms with E-state index in [-0.39, 0.29) is 5.92 Å². The Kier molecular flexibility index (Phi) is 8.13. The molecule has 0 saturated carbocycles. The van der Waals surface area contributed by atoms with Crippen LogP contribution in [0.2, 0.25) is 0 Å². The van der Waals surface area contributed by atoms with Crippen molar-refractivity contribution >= 4 is 5.70 Å². The quantitative estimate of drug-likeness (QED) is 0.443. The van der Waals surface area contributed by atoms with Crippen molar-refractivity contribution in [2.75, 3.05) is 39.3 Å². The smallest absolute Gasteiger partial charge is 0.119 e. The zero-order chi connectivity index (χ0) is 24.8. The molecule has 2 aliphatic heterocycles. The van der Waals surface area contributed by atoms with E-state index in [0.717, 1.165) is 74.4 Å². The van der Waals surface area contributed by atoms with E-state index in [4.69, 9.17) is 10.00 Å². The number of halogens is 1. The van der Waals surface area contributed by atoms with Crippen LogP contribution in [0.4, 0.5) is 4.39 Å². The number of nitriles is 1. The zero-order valence-corrected chi connectivity index (χ0v) is 21.2. The predicted molar refractivity (Wildman–Crippen MR) is 141 cm³/mol. The highest BCUT2D eigenvalue weighted by Gasteiger charge is 2.25. The Morgan fingerprint density at radius 3 is 2.09 bits per heavy atom. The molecular weight excluding hydrogens is 437 g/mol. The van der Waals surface area contributed by atoms with Crippen LogP contribution in [0, 0.1) is 23.2 Å². The summed E-state index contributed by atoms with van der Waals surface area (Å²) in [6.07, 6.45) is 3.95. The Morgan fingerprint density at radius 1 is 0.971 bits per heavy atom. The van der Waals surface area contributed by atoms with Crippen molar-refractivity contribution in [2.24, 2.45) is 11.8 Å². The van der Waals surface area contributed by atoms with Crippen LogP contribution < -0.4 is 4.74 Å². The van der Waals surface area contributed by atoms with Crippen LogP contribution in [0.5, 0.6) is 5.75 Å². The largest absolute Gasteiger partial charge is 0.493 e. The third kappa shape index (κ3) is 7.08. The highest BCUT2D eigenvalue weighted by molar-refractivity contribution is 5.69. The predicted octanol–water partition coefficient (Wildman–Crippen LogP) is 6.40. The number of ether oxygens (including phenoxy) is 1. The fraction of sp³-hybridized carbons (Fsp3) is 0.500. The van der Waals surface area contributed by atoms with Gasteiger partial charge in [-0.05, 0) is 87.4 Å². The molecule has 5 heteroatoms. The van der Waals surface area contributed by atoms with E-state index in [9.17, 15) is 4.39 Å². The van der Waals surface area contributed by atoms with Gasteiger partial charge >= 0.3 is 0 Å². The molecule has 0 unspecified atom stereocenters. The van der Waals surface area contributed by atoms with Crippen LogP contribution in [-0.4, -0.2) is 54.8 Å². The molecule has 0 aromatic heterocycles. The van der Waals surface area contributed by atoms with Gasteiger partial charge < -0.3 is 14.5 Å². The molecule has 2 heterocycles. The second kappa shape index (κ2) is 11.3. The van der Waals surface area contributed by atoms with Crippen LogP contribution in [0.25, 0.3) is 16.8 Å². The molecule has 2 aromatic rings. The molecule has 4 rings (SSSR count). The third-order valence-electron chi connectivity index (χ3n) is 7.26. The number of piperidine rings is 2. The van der Waals surface area contributed by atoms with Crippen LogP contribution in [0.3, 0.4) is 0 Å². The van der Waals surface area contributed by atoms with Crippen molar-refractivity contribution in [1.82, 2.24) is 9.80 Å². The molecule has 4 nitrogen and oxygen atoms in total. The number of alkyl halides is 1. The number of rotatable bonds is 8. The lowest BCUT2D eigenvalue weighted by molar-refractivity contribution is 0.0836. The number of hydrogen-bond acceptors (Lipinski definition) is 4. The van der Waals surface area contributed by atoms with E-state index in [2.05, 4.69) is 58.8 Å². The van der Waals surface area contributed by atoms with Crippen LogP contribution in [0.1, 0.15) is 45.1 Å². The Bertz CT molecular complexity index is 1000. The van der Waals surface area contributed by atoms with Crippen LogP contribution >= 0.6 is 0 Å². The summed E-state index contributed by atoms with van der Waals surface area (Å²) in [6.45, 7) is 12.5. The highest BCUT2D eigenvalue weighted by Crippen LogP contribution is 2.28. The molecular formula is C30H38FN3O. The lowest BCUT2D eigenvalue weighted by atomic mass is 9.96. The summed E-state index contributed by atoms with van der Waals surface area (Å²) in [6, 6.07) is 19.2. The summed E-state index contributed by atoms with van der Waals surface area (Å²) in [4.78, 5) is 4.52. The number of likely N-dealkylation sites (tertiary alicyclic amines) is 2. The van der Waals surface area contributed by atoms with E-state index >= 15 is 0 Å². The third-order valence-corrected chi connectivity index (χ3v) is 7.26. The lowest BCUT2D eigenvalue weighted by Gasteiger charge is -2.34. The minimum absolute atomic E-state index is 0.182. The van der Waals surface area contributed by atoms with E-state index in [0.29, 0.717) is 19.1 Å². The first-order valence-corrected chi connectivity index (χ1v) is 12.9. The average Bonchev–Trinajstić information content (AvgIpc) is 2.87. The second-order valence-electron chi connectivity index (χ2n) is 10.7. The van der Waals surface area contributed by atoms with Crippen molar-refractivity contribution in [3.8, 4) is 22.9 Å². The molecule has 2 aliphatic rings. The fourth-order valence-electron chi connectivity index (χ4n) is 5.12. The van der Waals surface area contributed by atoms with Gasteiger partial charge in [0.15, 0.2) is 0 Å². The molecule has 0 N–H and O–H groups in total. The summed E-state index contributed by atoms with van der Waals surface area (Å²) in [7, 11) is 0. The summed E-state index contributed by atoms with van der Waals surface area (Å²) in [5, 5.41) is 9.11. The van der Waals surface area contributed by atoms with Crippen molar-refractivity contribution in [3.05, 3.63) is 60.7 Å². The van der Waals surface area contributed by atoms with E-state index in [1.165, 1.54) is 5.56 Å². The maximum atomic E-state index is 13.9. The van der Waals surface area contributed by atoms with Crippen LogP contribution in [-0.2, 0) is 0 Å². The Labute approximate surface area is 210 Å². The van der Waals surface area contributed by atoms with Gasteiger partial charge in [-0.2, -0.15) is 5.26 Å². The molecule has 2 aromatic carbocycles. The Morgan fingerprint density at radius 2 is 1.54 bits per heavy atom. The Hall–Kier alpha value is -2.84. The van der Waals surface area contributed by atoms with E-state index < -0.39 is 5.67 Å². The maximum absolute atomic E-state index is 13.9. The van der Waals surface area contributed by atoms with Gasteiger partial charge in [0.1, 0.15) is 11.4 Å². The SMILES string of the molecule is C=C(c1ccc(-c2ccc(OCC3CCN(CC(C)(C)F)CC3)cc2)cc1)N1CCC(C#N)CC1. The number of nitrogens with zero attached hydrogens (tertiary/aromatic N) is 3. The average molecular weight is 476 g/mol. The molecule has 186 valence electrons. The molecule has 0 aliphatic carbocycles. The van der Waals surface area contributed by atoms with Crippen molar-refractivity contribution in [1.29, 1.82) is 5.26 Å². The molecule has 0 bridgehead atoms. The van der Waals surface area contributed by atoms with Gasteiger partial charge in [0.25, 0.3) is 0 Å². The van der Waals surface area contributed by atoms with Gasteiger partial charge in [-0.3, -0.25) is 0 Å². The molecule has 2 saturated heterocycles. The van der Waals surface area contributed by atoms with Crippen molar-refractivity contribution in [3.63, 3.8) is 0 Å². The molecule has 35 heavy (non-hydrogen) atoms. The summed E-state index contributed by atoms with van der Waals surface area (Å²) in [5.74, 6) is 1.60. The number of benzene rings is 2. The summed E-state index contributed by atoms with van der Waals surface area (Å²) >= 11 is 0. The summed E-state index contributed by atoms with van der Waals surface area (Å²) in [5.41, 5.74) is 3.36. The summed E-state index contributed by atoms with van der Waals surface area (Å²) < 4.78 is 19.9. The standard InChI is InChI=1S/C30H38FN3O/c1-23(34-18-14-24(20-32)15-19-34)26-4-6-27(7-5-26)28-8-10-29(11-9-28)35-21-25-12-16-33(17-13-25)22-30(2,3)31/h4-11,24-25H,1,12-19,21-22H2,2-3H3. The van der Waals surface area contributed by atoms with Gasteiger partial charge in [0.05, 0.1) is 12.7 Å². The molecule has 0 atom stereocenters. The molecule has 0 radical (unpaired) electrons. The van der Waals surface area contributed by atoms with Gasteiger partial charge in [0.2, 0.25) is 0 Å². The van der Waals surface area contributed by atoms with E-state index in [1.54, 1.807) is 13.8 Å². The van der Waals surface area contributed by atoms with Crippen LogP contribution in [0.15, 0.2) is 55.1 Å². The van der Waals surface area contributed by atoms with E-state index in [1.807, 2.05) is 12.1 Å². The maximum Gasteiger partial charge on any atom is 0.119 e. The van der Waals surface area contributed by atoms with Crippen molar-refractivity contribution < 1.29 is 9.13 Å². The van der Waals surface area contributed by atoms with Gasteiger partial charge in [-0.25, -0.2) is 4.39 Å². The first kappa shape index (κ1) is 25.3. The second-order valence-corrected chi connectivity index (χ2v) is 10.7. The first-order valence-electron chi connectivity index (χ1n) is 12.9. The fourth-order valence-corrected chi connectivity index (χ4v) is 5.12. The molecule has 2 fully saturated rings. The normalized spacial score (nSPS) is 18.3. The first-order chi connectivity index (χ1) is 16.8. The van der Waals surface area contributed by atoms with Gasteiger partial charge in [-0.1, -0.05) is 43.0 Å². The minimum Gasteiger partial charge on any atom is -0.493 e. The minimum atomic E-state index is -1.13.